The van der Waals surface area contributed by atoms with E-state index in [1.807, 2.05) is 41.3 Å². The molecule has 5 N–H and O–H groups in total. The number of nitrogens with two attached hydrogens (primary N) is 1. The number of allylic oxidation sites excluding steroid dienone is 2. The van der Waals surface area contributed by atoms with E-state index >= 15 is 0 Å². The Morgan fingerprint density at radius 3 is 1.74 bits per heavy atom. The van der Waals surface area contributed by atoms with Crippen LogP contribution in [0.5, 0.6) is 0 Å². The van der Waals surface area contributed by atoms with Gasteiger partial charge in [0.1, 0.15) is 0 Å². The van der Waals surface area contributed by atoms with Crippen LogP contribution in [-0.4, -0.2) is 35.7 Å². The molecule has 1 saturated carbocycles. The highest BCUT2D eigenvalue weighted by Crippen LogP contribution is 2.56. The SMILES string of the molecule is N#Cc1ccc(/C=C2/C(=O)/C(=C/c3ccc(C#N)cc3)C23CCN(C(=N)NC(=N)N)CC3)cc1. The van der Waals surface area contributed by atoms with Crippen LogP contribution in [0, 0.1) is 38.9 Å². The Balaban J connectivity index is 1.67. The normalized spacial score (nSPS) is 18.8. The predicted molar refractivity (Wildman–Crippen MR) is 129 cm³/mol. The summed E-state index contributed by atoms with van der Waals surface area (Å²) in [7, 11) is 0. The van der Waals surface area contributed by atoms with Crippen LogP contribution in [0.15, 0.2) is 59.7 Å². The molecule has 0 atom stereocenters. The molecule has 1 saturated heterocycles. The van der Waals surface area contributed by atoms with Gasteiger partial charge >= 0.3 is 0 Å². The molecule has 1 aliphatic heterocycles. The number of hydrogen-bond acceptors (Lipinski definition) is 5. The number of carbonyl (C=O) groups is 1. The van der Waals surface area contributed by atoms with E-state index in [1.165, 1.54) is 0 Å². The topological polar surface area (TPSA) is 154 Å². The monoisotopic (exact) mass is 449 g/mol. The quantitative estimate of drug-likeness (QED) is 0.314. The van der Waals surface area contributed by atoms with Crippen molar-refractivity contribution in [1.29, 1.82) is 21.3 Å². The minimum Gasteiger partial charge on any atom is -0.370 e. The van der Waals surface area contributed by atoms with Crippen LogP contribution >= 0.6 is 0 Å². The van der Waals surface area contributed by atoms with Crippen molar-refractivity contribution < 1.29 is 4.79 Å². The second-order valence-electron chi connectivity index (χ2n) is 8.37. The lowest BCUT2D eigenvalue weighted by Crippen LogP contribution is -2.55. The zero-order chi connectivity index (χ0) is 24.3. The number of ketones is 1. The zero-order valence-electron chi connectivity index (χ0n) is 18.4. The van der Waals surface area contributed by atoms with Gasteiger partial charge < -0.3 is 10.6 Å². The van der Waals surface area contributed by atoms with E-state index in [4.69, 9.17) is 27.1 Å². The van der Waals surface area contributed by atoms with Crippen LogP contribution in [0.3, 0.4) is 0 Å². The number of Topliss-reactive ketones (excluding diaryl/α,β-unsaturated/α-hetero) is 1. The summed E-state index contributed by atoms with van der Waals surface area (Å²) in [6.07, 6.45) is 5.05. The maximum absolute atomic E-state index is 13.3. The number of piperidine rings is 1. The molecule has 0 amide bonds. The number of carbonyl (C=O) groups excluding carboxylic acids is 1. The largest absolute Gasteiger partial charge is 0.370 e. The van der Waals surface area contributed by atoms with Gasteiger partial charge in [-0.05, 0) is 60.4 Å². The fourth-order valence-corrected chi connectivity index (χ4v) is 4.57. The highest BCUT2D eigenvalue weighted by molar-refractivity contribution is 6.23. The summed E-state index contributed by atoms with van der Waals surface area (Å²) in [5, 5.41) is 36.1. The van der Waals surface area contributed by atoms with Gasteiger partial charge in [-0.25, -0.2) is 0 Å². The van der Waals surface area contributed by atoms with Gasteiger partial charge in [0.2, 0.25) is 0 Å². The molecule has 1 heterocycles. The second kappa shape index (κ2) is 9.05. The first-order valence-corrected chi connectivity index (χ1v) is 10.8. The Morgan fingerprint density at radius 2 is 1.35 bits per heavy atom. The van der Waals surface area contributed by atoms with Crippen LogP contribution < -0.4 is 11.1 Å². The minimum atomic E-state index is -0.452. The minimum absolute atomic E-state index is 0.0147. The number of hydrogen-bond donors (Lipinski definition) is 4. The first kappa shape index (κ1) is 22.5. The number of likely N-dealkylation sites (tertiary alicyclic amines) is 1. The summed E-state index contributed by atoms with van der Waals surface area (Å²) in [5.74, 6) is -0.228. The van der Waals surface area contributed by atoms with Gasteiger partial charge in [-0.2, -0.15) is 10.5 Å². The van der Waals surface area contributed by atoms with E-state index in [0.29, 0.717) is 37.1 Å². The van der Waals surface area contributed by atoms with Crippen molar-refractivity contribution in [2.75, 3.05) is 13.1 Å². The average molecular weight is 450 g/mol. The van der Waals surface area contributed by atoms with Gasteiger partial charge in [-0.3, -0.25) is 20.9 Å². The number of nitrogens with zero attached hydrogens (tertiary/aromatic N) is 3. The third-order valence-electron chi connectivity index (χ3n) is 6.41. The molecule has 0 aromatic heterocycles. The smallest absolute Gasteiger partial charge is 0.197 e. The van der Waals surface area contributed by atoms with E-state index in [2.05, 4.69) is 17.5 Å². The van der Waals surface area contributed by atoms with Gasteiger partial charge in [0.05, 0.1) is 23.3 Å². The first-order chi connectivity index (χ1) is 16.4. The molecule has 34 heavy (non-hydrogen) atoms. The molecule has 2 aliphatic rings. The Hall–Kier alpha value is -4.69. The molecule has 4 rings (SSSR count). The fraction of sp³-hybridized carbons (Fsp3) is 0.192. The summed E-state index contributed by atoms with van der Waals surface area (Å²) in [5.41, 5.74) is 9.19. The predicted octanol–water partition coefficient (Wildman–Crippen LogP) is 2.98. The lowest BCUT2D eigenvalue weighted by Gasteiger charge is -2.51. The Kier molecular flexibility index (Phi) is 5.99. The van der Waals surface area contributed by atoms with Gasteiger partial charge in [0.25, 0.3) is 0 Å². The summed E-state index contributed by atoms with van der Waals surface area (Å²) in [6.45, 7) is 1.06. The third kappa shape index (κ3) is 4.17. The van der Waals surface area contributed by atoms with Crippen LogP contribution in [0.25, 0.3) is 12.2 Å². The maximum Gasteiger partial charge on any atom is 0.197 e. The molecule has 2 aromatic carbocycles. The Labute approximate surface area is 197 Å². The molecule has 0 radical (unpaired) electrons. The molecule has 1 aliphatic carbocycles. The second-order valence-corrected chi connectivity index (χ2v) is 8.37. The van der Waals surface area contributed by atoms with Crippen LogP contribution in [0.2, 0.25) is 0 Å². The summed E-state index contributed by atoms with van der Waals surface area (Å²) in [6, 6.07) is 18.4. The van der Waals surface area contributed by atoms with Gasteiger partial charge in [0.15, 0.2) is 17.7 Å². The van der Waals surface area contributed by atoms with Crippen LogP contribution in [-0.2, 0) is 4.79 Å². The van der Waals surface area contributed by atoms with E-state index in [1.54, 1.807) is 24.3 Å². The lowest BCUT2D eigenvalue weighted by molar-refractivity contribution is -0.118. The summed E-state index contributed by atoms with van der Waals surface area (Å²) < 4.78 is 0. The van der Waals surface area contributed by atoms with Crippen molar-refractivity contribution in [2.45, 2.75) is 12.8 Å². The number of rotatable bonds is 2. The zero-order valence-corrected chi connectivity index (χ0v) is 18.4. The number of guanidine groups is 2. The van der Waals surface area contributed by atoms with Crippen molar-refractivity contribution in [3.8, 4) is 12.1 Å². The Morgan fingerprint density at radius 1 is 0.912 bits per heavy atom. The van der Waals surface area contributed by atoms with Gasteiger partial charge in [-0.1, -0.05) is 24.3 Å². The number of nitrogens with one attached hydrogen (secondary N) is 3. The van der Waals surface area contributed by atoms with Crippen LogP contribution in [0.4, 0.5) is 0 Å². The lowest BCUT2D eigenvalue weighted by atomic mass is 9.54. The maximum atomic E-state index is 13.3. The van der Waals surface area contributed by atoms with Gasteiger partial charge in [0, 0.05) is 29.7 Å². The first-order valence-electron chi connectivity index (χ1n) is 10.8. The summed E-state index contributed by atoms with van der Waals surface area (Å²) >= 11 is 0. The molecule has 2 aromatic rings. The van der Waals surface area contributed by atoms with Crippen molar-refractivity contribution in [3.63, 3.8) is 0 Å². The fourth-order valence-electron chi connectivity index (χ4n) is 4.57. The van der Waals surface area contributed by atoms with E-state index in [9.17, 15) is 4.79 Å². The average Bonchev–Trinajstić information content (AvgIpc) is 2.86. The Bertz CT molecular complexity index is 1220. The third-order valence-corrected chi connectivity index (χ3v) is 6.41. The molecule has 0 bridgehead atoms. The molecule has 168 valence electrons. The van der Waals surface area contributed by atoms with E-state index < -0.39 is 5.41 Å². The molecular weight excluding hydrogens is 426 g/mol. The van der Waals surface area contributed by atoms with Crippen LogP contribution in [0.1, 0.15) is 35.1 Å². The van der Waals surface area contributed by atoms with E-state index in [0.717, 1.165) is 22.3 Å². The molecule has 2 fully saturated rings. The highest BCUT2D eigenvalue weighted by Gasteiger charge is 2.54. The number of nitriles is 2. The van der Waals surface area contributed by atoms with Crippen molar-refractivity contribution in [3.05, 3.63) is 81.9 Å². The van der Waals surface area contributed by atoms with E-state index in [-0.39, 0.29) is 17.7 Å². The molecular formula is C26H23N7O. The molecule has 8 heteroatoms. The van der Waals surface area contributed by atoms with Crippen molar-refractivity contribution >= 4 is 29.9 Å². The number of benzene rings is 2. The summed E-state index contributed by atoms with van der Waals surface area (Å²) in [4.78, 5) is 15.1. The highest BCUT2D eigenvalue weighted by atomic mass is 16.1. The van der Waals surface area contributed by atoms with Crippen molar-refractivity contribution in [1.82, 2.24) is 10.2 Å². The molecule has 0 unspecified atom stereocenters. The van der Waals surface area contributed by atoms with Crippen molar-refractivity contribution in [2.24, 2.45) is 11.1 Å². The standard InChI is InChI=1S/C26H23N7O/c27-15-19-5-1-17(2-6-19)13-21-23(34)22(14-18-3-7-20(16-28)8-4-18)26(21)9-11-33(12-10-26)25(31)32-24(29)30/h1-8,13-14H,9-12H2,(H5,29,30,31,32)/b21-13-,22-14-. The molecule has 8 nitrogen and oxygen atoms in total. The molecule has 1 spiro atoms. The van der Waals surface area contributed by atoms with Gasteiger partial charge in [-0.15, -0.1) is 0 Å².